The van der Waals surface area contributed by atoms with E-state index in [2.05, 4.69) is 15.2 Å². The van der Waals surface area contributed by atoms with Gasteiger partial charge in [0.2, 0.25) is 5.89 Å². The maximum Gasteiger partial charge on any atom is 0.360 e. The highest BCUT2D eigenvalue weighted by Gasteiger charge is 2.22. The van der Waals surface area contributed by atoms with Crippen LogP contribution >= 0.6 is 0 Å². The maximum absolute atomic E-state index is 11.9. The quantitative estimate of drug-likeness (QED) is 0.393. The van der Waals surface area contributed by atoms with Crippen LogP contribution in [0.2, 0.25) is 0 Å². The van der Waals surface area contributed by atoms with Crippen LogP contribution < -0.4 is 4.74 Å². The van der Waals surface area contributed by atoms with Crippen LogP contribution in [0.3, 0.4) is 0 Å². The van der Waals surface area contributed by atoms with Gasteiger partial charge in [-0.1, -0.05) is 57.3 Å². The molecule has 2 heterocycles. The fourth-order valence-electron chi connectivity index (χ4n) is 3.00. The number of benzene rings is 2. The molecule has 0 saturated heterocycles. The van der Waals surface area contributed by atoms with Gasteiger partial charge in [-0.2, -0.15) is 5.10 Å². The third-order valence-corrected chi connectivity index (χ3v) is 4.39. The summed E-state index contributed by atoms with van der Waals surface area (Å²) in [5.41, 5.74) is 3.73. The molecule has 7 heteroatoms. The molecule has 2 aromatic heterocycles. The van der Waals surface area contributed by atoms with Gasteiger partial charge in [0, 0.05) is 11.1 Å². The third kappa shape index (κ3) is 4.61. The van der Waals surface area contributed by atoms with Gasteiger partial charge < -0.3 is 13.9 Å². The van der Waals surface area contributed by atoms with Crippen molar-refractivity contribution in [2.45, 2.75) is 14.9 Å². The van der Waals surface area contributed by atoms with Crippen LogP contribution in [0.15, 0.2) is 71.5 Å². The van der Waals surface area contributed by atoms with E-state index in [1.165, 1.54) is 13.4 Å². The Bertz CT molecular complexity index is 1160. The largest absolute Gasteiger partial charge is 0.497 e. The van der Waals surface area contributed by atoms with E-state index in [1.54, 1.807) is 13.3 Å². The van der Waals surface area contributed by atoms with Crippen LogP contribution in [0.25, 0.3) is 33.8 Å². The minimum absolute atomic E-state index is 0. The highest BCUT2D eigenvalue weighted by molar-refractivity contribution is 5.91. The monoisotopic (exact) mass is 419 g/mol. The summed E-state index contributed by atoms with van der Waals surface area (Å²) in [6, 6.07) is 17.2. The number of esters is 1. The number of rotatable bonds is 5. The first-order chi connectivity index (χ1) is 14.2. The summed E-state index contributed by atoms with van der Waals surface area (Å²) in [7, 11) is 2.89. The van der Waals surface area contributed by atoms with Crippen LogP contribution in [0.1, 0.15) is 25.3 Å². The smallest absolute Gasteiger partial charge is 0.360 e. The van der Waals surface area contributed by atoms with Crippen molar-refractivity contribution in [2.24, 2.45) is 0 Å². The predicted octanol–water partition coefficient (Wildman–Crippen LogP) is 5.53. The number of methoxy groups -OCH3 is 2. The topological polar surface area (TPSA) is 87.3 Å². The van der Waals surface area contributed by atoms with Crippen LogP contribution in [0.5, 0.6) is 5.75 Å². The number of ether oxygens (including phenoxy) is 2. The molecule has 160 valence electrons. The first-order valence-electron chi connectivity index (χ1n) is 8.81. The highest BCUT2D eigenvalue weighted by Crippen LogP contribution is 2.38. The average Bonchev–Trinajstić information content (AvgIpc) is 3.28. The fourth-order valence-corrected chi connectivity index (χ4v) is 3.00. The lowest BCUT2D eigenvalue weighted by Gasteiger charge is -2.12. The Morgan fingerprint density at radius 3 is 2.42 bits per heavy atom. The fraction of sp³-hybridized carbons (Fsp3) is 0.167. The van der Waals surface area contributed by atoms with Gasteiger partial charge in [0.25, 0.3) is 0 Å². The van der Waals surface area contributed by atoms with E-state index in [0.717, 1.165) is 16.7 Å². The molecule has 4 aromatic rings. The van der Waals surface area contributed by atoms with Gasteiger partial charge in [-0.15, -0.1) is 5.10 Å². The van der Waals surface area contributed by atoms with E-state index in [0.29, 0.717) is 17.0 Å². The SMILES string of the molecule is C.C.COC(=O)c1coc(-c2c(-c3ccccc3)cnnc2-c2cccc(OC)c2)n1. The van der Waals surface area contributed by atoms with Gasteiger partial charge in [0.05, 0.1) is 26.0 Å². The summed E-state index contributed by atoms with van der Waals surface area (Å²) in [4.78, 5) is 16.2. The summed E-state index contributed by atoms with van der Waals surface area (Å²) in [5.74, 6) is 0.353. The van der Waals surface area contributed by atoms with E-state index in [-0.39, 0.29) is 26.4 Å². The van der Waals surface area contributed by atoms with E-state index in [1.807, 2.05) is 54.6 Å². The predicted molar refractivity (Wildman–Crippen MR) is 120 cm³/mol. The summed E-state index contributed by atoms with van der Waals surface area (Å²) < 4.78 is 15.7. The summed E-state index contributed by atoms with van der Waals surface area (Å²) in [6.45, 7) is 0. The van der Waals surface area contributed by atoms with Crippen molar-refractivity contribution in [3.8, 4) is 39.6 Å². The molecule has 0 aliphatic heterocycles. The Balaban J connectivity index is 0.00000171. The Labute approximate surface area is 181 Å². The average molecular weight is 419 g/mol. The van der Waals surface area contributed by atoms with Crippen molar-refractivity contribution >= 4 is 5.97 Å². The van der Waals surface area contributed by atoms with Crippen LogP contribution in [-0.4, -0.2) is 35.4 Å². The molecule has 7 nitrogen and oxygen atoms in total. The number of hydrogen-bond donors (Lipinski definition) is 0. The summed E-state index contributed by atoms with van der Waals surface area (Å²) in [6.07, 6.45) is 2.92. The molecule has 0 unspecified atom stereocenters. The summed E-state index contributed by atoms with van der Waals surface area (Å²) in [5, 5.41) is 8.52. The van der Waals surface area contributed by atoms with E-state index < -0.39 is 5.97 Å². The van der Waals surface area contributed by atoms with Gasteiger partial charge in [0.15, 0.2) is 5.69 Å². The second kappa shape index (κ2) is 10.2. The first kappa shape index (κ1) is 23.3. The zero-order chi connectivity index (χ0) is 20.2. The molecular weight excluding hydrogens is 394 g/mol. The Morgan fingerprint density at radius 2 is 1.71 bits per heavy atom. The number of oxazole rings is 1. The minimum Gasteiger partial charge on any atom is -0.497 e. The van der Waals surface area contributed by atoms with E-state index in [9.17, 15) is 4.79 Å². The van der Waals surface area contributed by atoms with E-state index >= 15 is 0 Å². The molecule has 0 radical (unpaired) electrons. The van der Waals surface area contributed by atoms with Crippen molar-refractivity contribution in [1.82, 2.24) is 15.2 Å². The van der Waals surface area contributed by atoms with Gasteiger partial charge in [-0.25, -0.2) is 9.78 Å². The molecule has 0 aliphatic rings. The molecule has 0 saturated carbocycles. The van der Waals surface area contributed by atoms with Gasteiger partial charge >= 0.3 is 5.97 Å². The molecule has 0 bridgehead atoms. The van der Waals surface area contributed by atoms with Crippen molar-refractivity contribution in [1.29, 1.82) is 0 Å². The van der Waals surface area contributed by atoms with Gasteiger partial charge in [-0.05, 0) is 17.7 Å². The normalized spacial score (nSPS) is 9.87. The van der Waals surface area contributed by atoms with E-state index in [4.69, 9.17) is 13.9 Å². The van der Waals surface area contributed by atoms with Crippen LogP contribution in [-0.2, 0) is 4.74 Å². The summed E-state index contributed by atoms with van der Waals surface area (Å²) >= 11 is 0. The molecular formula is C24H25N3O4. The number of aromatic nitrogens is 3. The molecule has 0 atom stereocenters. The molecule has 0 fully saturated rings. The zero-order valence-corrected chi connectivity index (χ0v) is 15.8. The highest BCUT2D eigenvalue weighted by atomic mass is 16.5. The van der Waals surface area contributed by atoms with Crippen molar-refractivity contribution in [2.75, 3.05) is 14.2 Å². The standard InChI is InChI=1S/C22H17N3O4.2CH4/c1-27-16-10-6-9-15(11-16)20-19(21-24-18(13-29-21)22(26)28-2)17(12-23-25-20)14-7-4-3-5-8-14;;/h3-13H,1-2H3;2*1H4. The number of nitrogens with zero attached hydrogens (tertiary/aromatic N) is 3. The number of carbonyl (C=O) groups excluding carboxylic acids is 1. The Kier molecular flexibility index (Phi) is 7.63. The van der Waals surface area contributed by atoms with Gasteiger partial charge in [0.1, 0.15) is 17.7 Å². The molecule has 0 aliphatic carbocycles. The second-order valence-corrected chi connectivity index (χ2v) is 6.11. The lowest BCUT2D eigenvalue weighted by atomic mass is 9.97. The Hall–Kier alpha value is -4.00. The second-order valence-electron chi connectivity index (χ2n) is 6.11. The van der Waals surface area contributed by atoms with Crippen LogP contribution in [0, 0.1) is 0 Å². The number of hydrogen-bond acceptors (Lipinski definition) is 7. The van der Waals surface area contributed by atoms with Crippen molar-refractivity contribution in [3.63, 3.8) is 0 Å². The molecule has 0 spiro atoms. The maximum atomic E-state index is 11.9. The van der Waals surface area contributed by atoms with Crippen LogP contribution in [0.4, 0.5) is 0 Å². The first-order valence-corrected chi connectivity index (χ1v) is 8.81. The lowest BCUT2D eigenvalue weighted by Crippen LogP contribution is -2.02. The molecule has 4 rings (SSSR count). The van der Waals surface area contributed by atoms with Crippen molar-refractivity contribution in [3.05, 3.63) is 72.8 Å². The number of carbonyl (C=O) groups is 1. The molecule has 0 amide bonds. The zero-order valence-electron chi connectivity index (χ0n) is 15.8. The molecule has 0 N–H and O–H groups in total. The lowest BCUT2D eigenvalue weighted by molar-refractivity contribution is 0.0594. The molecule has 31 heavy (non-hydrogen) atoms. The molecule has 2 aromatic carbocycles. The minimum atomic E-state index is -0.578. The van der Waals surface area contributed by atoms with Crippen molar-refractivity contribution < 1.29 is 18.7 Å². The van der Waals surface area contributed by atoms with Gasteiger partial charge in [-0.3, -0.25) is 0 Å². The third-order valence-electron chi connectivity index (χ3n) is 4.39. The Morgan fingerprint density at radius 1 is 0.968 bits per heavy atom.